The van der Waals surface area contributed by atoms with Crippen LogP contribution < -0.4 is 15.9 Å². The normalized spacial score (nSPS) is 17.4. The van der Waals surface area contributed by atoms with Crippen molar-refractivity contribution in [1.29, 1.82) is 0 Å². The van der Waals surface area contributed by atoms with Gasteiger partial charge in [0, 0.05) is 6.20 Å². The summed E-state index contributed by atoms with van der Waals surface area (Å²) in [5, 5.41) is 9.92. The highest BCUT2D eigenvalue weighted by atomic mass is 32.2. The van der Waals surface area contributed by atoms with Crippen molar-refractivity contribution in [3.05, 3.63) is 59.4 Å². The zero-order chi connectivity index (χ0) is 18.5. The van der Waals surface area contributed by atoms with Crippen LogP contribution in [-0.2, 0) is 22.3 Å². The van der Waals surface area contributed by atoms with Gasteiger partial charge in [-0.1, -0.05) is 23.4 Å². The van der Waals surface area contributed by atoms with Gasteiger partial charge in [0.2, 0.25) is 5.91 Å². The van der Waals surface area contributed by atoms with Crippen LogP contribution in [0.5, 0.6) is 0 Å². The highest BCUT2D eigenvalue weighted by Gasteiger charge is 2.20. The van der Waals surface area contributed by atoms with E-state index in [1.165, 1.54) is 0 Å². The minimum Gasteiger partial charge on any atom is -0.369 e. The first kappa shape index (κ1) is 18.1. The molecule has 10 heteroatoms. The number of hydrogen-bond acceptors (Lipinski definition) is 7. The summed E-state index contributed by atoms with van der Waals surface area (Å²) < 4.78 is 14.5. The van der Waals surface area contributed by atoms with E-state index in [9.17, 15) is 9.00 Å². The van der Waals surface area contributed by atoms with Crippen LogP contribution in [0.4, 0.5) is 0 Å². The SMILES string of the molecule is Cc1ccc(CN2N=NC(c3ccc(S(=O)NCC(N)=O)cc3)N2)nc1. The highest BCUT2D eigenvalue weighted by molar-refractivity contribution is 7.83. The summed E-state index contributed by atoms with van der Waals surface area (Å²) in [4.78, 5) is 15.6. The lowest BCUT2D eigenvalue weighted by Crippen LogP contribution is -2.31. The van der Waals surface area contributed by atoms with Crippen molar-refractivity contribution in [2.45, 2.75) is 24.5 Å². The van der Waals surface area contributed by atoms with Gasteiger partial charge < -0.3 is 5.73 Å². The topological polar surface area (TPSA) is 125 Å². The fourth-order valence-electron chi connectivity index (χ4n) is 2.26. The van der Waals surface area contributed by atoms with Crippen molar-refractivity contribution in [3.63, 3.8) is 0 Å². The molecular formula is C16H19N7O2S. The van der Waals surface area contributed by atoms with E-state index in [2.05, 4.69) is 25.5 Å². The molecule has 26 heavy (non-hydrogen) atoms. The summed E-state index contributed by atoms with van der Waals surface area (Å²) in [5.41, 5.74) is 11.1. The van der Waals surface area contributed by atoms with Crippen LogP contribution in [0.25, 0.3) is 0 Å². The molecule has 1 aliphatic rings. The third kappa shape index (κ3) is 4.69. The Balaban J connectivity index is 1.57. The molecule has 0 spiro atoms. The molecule has 2 unspecified atom stereocenters. The quantitative estimate of drug-likeness (QED) is 0.664. The number of nitrogens with two attached hydrogens (primary N) is 1. The Morgan fingerprint density at radius 3 is 2.73 bits per heavy atom. The summed E-state index contributed by atoms with van der Waals surface area (Å²) in [5.74, 6) is -0.561. The molecule has 136 valence electrons. The molecule has 2 atom stereocenters. The lowest BCUT2D eigenvalue weighted by molar-refractivity contribution is -0.116. The van der Waals surface area contributed by atoms with E-state index in [0.29, 0.717) is 11.4 Å². The number of primary amides is 1. The van der Waals surface area contributed by atoms with Crippen LogP contribution in [0.15, 0.2) is 57.8 Å². The number of benzene rings is 1. The number of aromatic nitrogens is 1. The Kier molecular flexibility index (Phi) is 5.66. The molecule has 1 aliphatic heterocycles. The number of carbonyl (C=O) groups is 1. The molecule has 0 bridgehead atoms. The van der Waals surface area contributed by atoms with Crippen molar-refractivity contribution in [3.8, 4) is 0 Å². The molecule has 0 saturated heterocycles. The van der Waals surface area contributed by atoms with Gasteiger partial charge in [-0.3, -0.25) is 9.78 Å². The van der Waals surface area contributed by atoms with Crippen LogP contribution in [0, 0.1) is 6.92 Å². The van der Waals surface area contributed by atoms with Crippen molar-refractivity contribution < 1.29 is 9.00 Å². The molecule has 1 aromatic heterocycles. The number of nitrogens with one attached hydrogen (secondary N) is 2. The minimum absolute atomic E-state index is 0.144. The molecule has 1 amide bonds. The van der Waals surface area contributed by atoms with Crippen molar-refractivity contribution in [2.75, 3.05) is 6.54 Å². The minimum atomic E-state index is -1.49. The van der Waals surface area contributed by atoms with Gasteiger partial charge in [0.25, 0.3) is 0 Å². The Morgan fingerprint density at radius 2 is 2.08 bits per heavy atom. The summed E-state index contributed by atoms with van der Waals surface area (Å²) >= 11 is 0. The van der Waals surface area contributed by atoms with Crippen molar-refractivity contribution in [2.24, 2.45) is 16.1 Å². The maximum atomic E-state index is 12.0. The summed E-state index contributed by atoms with van der Waals surface area (Å²) in [6.07, 6.45) is 1.49. The lowest BCUT2D eigenvalue weighted by atomic mass is 10.2. The first-order valence-corrected chi connectivity index (χ1v) is 9.06. The number of aryl methyl sites for hydroxylation is 1. The Labute approximate surface area is 153 Å². The highest BCUT2D eigenvalue weighted by Crippen LogP contribution is 2.22. The van der Waals surface area contributed by atoms with Gasteiger partial charge in [-0.15, -0.1) is 5.11 Å². The second-order valence-corrected chi connectivity index (χ2v) is 7.04. The molecule has 2 aromatic rings. The molecule has 0 radical (unpaired) electrons. The molecule has 1 aromatic carbocycles. The number of hydrogen-bond donors (Lipinski definition) is 3. The molecule has 2 heterocycles. The van der Waals surface area contributed by atoms with E-state index in [1.54, 1.807) is 17.3 Å². The van der Waals surface area contributed by atoms with Crippen LogP contribution >= 0.6 is 0 Å². The average Bonchev–Trinajstić information content (AvgIpc) is 3.10. The van der Waals surface area contributed by atoms with Crippen molar-refractivity contribution >= 4 is 16.9 Å². The van der Waals surface area contributed by atoms with Gasteiger partial charge in [0.05, 0.1) is 23.7 Å². The van der Waals surface area contributed by atoms with Crippen LogP contribution in [0.3, 0.4) is 0 Å². The lowest BCUT2D eigenvalue weighted by Gasteiger charge is -2.15. The van der Waals surface area contributed by atoms with Gasteiger partial charge >= 0.3 is 0 Å². The van der Waals surface area contributed by atoms with Gasteiger partial charge in [-0.25, -0.2) is 14.0 Å². The Hall–Kier alpha value is -2.69. The van der Waals surface area contributed by atoms with E-state index in [4.69, 9.17) is 5.73 Å². The van der Waals surface area contributed by atoms with Crippen LogP contribution in [-0.4, -0.2) is 26.8 Å². The third-order valence-corrected chi connectivity index (χ3v) is 4.73. The van der Waals surface area contributed by atoms with Gasteiger partial charge in [0.1, 0.15) is 11.0 Å². The summed E-state index contributed by atoms with van der Waals surface area (Å²) in [6, 6.07) is 11.0. The molecule has 4 N–H and O–H groups in total. The molecule has 0 aliphatic carbocycles. The van der Waals surface area contributed by atoms with E-state index in [0.717, 1.165) is 16.8 Å². The van der Waals surface area contributed by atoms with Crippen molar-refractivity contribution in [1.82, 2.24) is 20.2 Å². The van der Waals surface area contributed by atoms with E-state index in [1.807, 2.05) is 37.4 Å². The number of carbonyl (C=O) groups excluding carboxylic acids is 1. The zero-order valence-electron chi connectivity index (χ0n) is 14.1. The van der Waals surface area contributed by atoms with E-state index in [-0.39, 0.29) is 12.7 Å². The fourth-order valence-corrected chi connectivity index (χ4v) is 3.09. The summed E-state index contributed by atoms with van der Waals surface area (Å²) in [6.45, 7) is 2.34. The first-order chi connectivity index (χ1) is 12.5. The van der Waals surface area contributed by atoms with Gasteiger partial charge in [0.15, 0.2) is 6.17 Å². The second kappa shape index (κ2) is 8.13. The number of pyridine rings is 1. The van der Waals surface area contributed by atoms with E-state index < -0.39 is 16.9 Å². The number of nitrogens with zero attached hydrogens (tertiary/aromatic N) is 4. The first-order valence-electron chi connectivity index (χ1n) is 7.91. The molecule has 0 fully saturated rings. The monoisotopic (exact) mass is 373 g/mol. The van der Waals surface area contributed by atoms with E-state index >= 15 is 0 Å². The number of rotatable bonds is 7. The third-order valence-electron chi connectivity index (χ3n) is 3.62. The van der Waals surface area contributed by atoms with Gasteiger partial charge in [-0.05, 0) is 36.2 Å². The van der Waals surface area contributed by atoms with Crippen LogP contribution in [0.1, 0.15) is 23.0 Å². The zero-order valence-corrected chi connectivity index (χ0v) is 14.9. The smallest absolute Gasteiger partial charge is 0.232 e. The molecular weight excluding hydrogens is 354 g/mol. The largest absolute Gasteiger partial charge is 0.369 e. The Bertz CT molecular complexity index is 823. The molecule has 0 saturated carbocycles. The maximum Gasteiger partial charge on any atom is 0.232 e. The standard InChI is InChI=1S/C16H19N7O2S/c1-11-2-5-13(18-8-11)10-23-21-16(20-22-23)12-3-6-14(7-4-12)26(25)19-9-15(17)24/h2-8,16,19,21H,9-10H2,1H3,(H2,17,24). The van der Waals surface area contributed by atoms with Crippen LogP contribution in [0.2, 0.25) is 0 Å². The average molecular weight is 373 g/mol. The Morgan fingerprint density at radius 1 is 1.31 bits per heavy atom. The van der Waals surface area contributed by atoms with Gasteiger partial charge in [-0.2, -0.15) is 5.43 Å². The maximum absolute atomic E-state index is 12.0. The summed E-state index contributed by atoms with van der Waals surface area (Å²) in [7, 11) is -1.49. The molecule has 9 nitrogen and oxygen atoms in total. The fraction of sp³-hybridized carbons (Fsp3) is 0.250. The predicted molar refractivity (Wildman–Crippen MR) is 95.3 cm³/mol. The second-order valence-electron chi connectivity index (χ2n) is 5.75. The number of amides is 1. The molecule has 3 rings (SSSR count). The predicted octanol–water partition coefficient (Wildman–Crippen LogP) is 0.874. The number of hydrazine groups is 1.